The summed E-state index contributed by atoms with van der Waals surface area (Å²) in [5.74, 6) is 1.94. The van der Waals surface area contributed by atoms with E-state index in [1.165, 1.54) is 0 Å². The van der Waals surface area contributed by atoms with Crippen LogP contribution in [-0.4, -0.2) is 24.2 Å². The Hall–Kier alpha value is -2.36. The van der Waals surface area contributed by atoms with Gasteiger partial charge < -0.3 is 24.9 Å². The molecule has 0 radical (unpaired) electrons. The van der Waals surface area contributed by atoms with Gasteiger partial charge in [0.15, 0.2) is 5.96 Å². The average molecular weight is 563 g/mol. The van der Waals surface area contributed by atoms with Gasteiger partial charge in [-0.15, -0.1) is 24.0 Å². The summed E-state index contributed by atoms with van der Waals surface area (Å²) in [6, 6.07) is 22.0. The number of furan rings is 1. The molecule has 0 spiro atoms. The fourth-order valence-corrected chi connectivity index (χ4v) is 3.26. The molecule has 0 aliphatic carbocycles. The molecule has 0 saturated carbocycles. The van der Waals surface area contributed by atoms with Crippen molar-refractivity contribution in [3.63, 3.8) is 0 Å². The van der Waals surface area contributed by atoms with Crippen LogP contribution >= 0.6 is 24.0 Å². The summed E-state index contributed by atoms with van der Waals surface area (Å²) < 4.78 is 11.4. The number of halogens is 1. The van der Waals surface area contributed by atoms with Crippen LogP contribution in [0.4, 0.5) is 0 Å². The van der Waals surface area contributed by atoms with Crippen molar-refractivity contribution in [1.29, 1.82) is 0 Å². The maximum absolute atomic E-state index is 10.7. The Labute approximate surface area is 213 Å². The van der Waals surface area contributed by atoms with Gasteiger partial charge in [0.25, 0.3) is 0 Å². The van der Waals surface area contributed by atoms with Gasteiger partial charge in [0.1, 0.15) is 17.1 Å². The maximum atomic E-state index is 10.7. The molecule has 2 aromatic carbocycles. The number of nitrogens with one attached hydrogen (secondary N) is 2. The van der Waals surface area contributed by atoms with Crippen molar-refractivity contribution in [2.24, 2.45) is 4.99 Å². The van der Waals surface area contributed by atoms with E-state index in [4.69, 9.17) is 9.15 Å². The Morgan fingerprint density at radius 3 is 2.36 bits per heavy atom. The number of nitrogens with zero attached hydrogens (tertiary/aromatic N) is 1. The van der Waals surface area contributed by atoms with E-state index in [1.54, 1.807) is 13.0 Å². The number of hydrogen-bond acceptors (Lipinski definition) is 4. The number of aliphatic hydroxyl groups is 1. The van der Waals surface area contributed by atoms with Crippen LogP contribution in [0.3, 0.4) is 0 Å². The zero-order valence-electron chi connectivity index (χ0n) is 19.5. The summed E-state index contributed by atoms with van der Waals surface area (Å²) in [5, 5.41) is 17.2. The third kappa shape index (κ3) is 8.83. The molecule has 1 heterocycles. The van der Waals surface area contributed by atoms with Crippen molar-refractivity contribution < 1.29 is 14.3 Å². The lowest BCUT2D eigenvalue weighted by molar-refractivity contribution is 0.0378. The van der Waals surface area contributed by atoms with Gasteiger partial charge in [-0.05, 0) is 49.6 Å². The predicted octanol–water partition coefficient (Wildman–Crippen LogP) is 4.89. The number of hydrogen-bond donors (Lipinski definition) is 3. The zero-order valence-corrected chi connectivity index (χ0v) is 21.8. The first kappa shape index (κ1) is 26.9. The van der Waals surface area contributed by atoms with Crippen LogP contribution in [0.5, 0.6) is 0 Å². The summed E-state index contributed by atoms with van der Waals surface area (Å²) in [6.45, 7) is 8.25. The quantitative estimate of drug-likeness (QED) is 0.186. The smallest absolute Gasteiger partial charge is 0.191 e. The number of rotatable bonds is 10. The topological polar surface area (TPSA) is 79.0 Å². The van der Waals surface area contributed by atoms with Gasteiger partial charge in [0, 0.05) is 6.54 Å². The van der Waals surface area contributed by atoms with E-state index in [0.717, 1.165) is 29.0 Å². The lowest BCUT2D eigenvalue weighted by Crippen LogP contribution is -2.44. The molecule has 3 N–H and O–H groups in total. The van der Waals surface area contributed by atoms with Gasteiger partial charge in [-0.2, -0.15) is 0 Å². The molecular weight excluding hydrogens is 529 g/mol. The third-order valence-electron chi connectivity index (χ3n) is 5.01. The molecule has 1 aromatic heterocycles. The number of benzene rings is 2. The van der Waals surface area contributed by atoms with Crippen LogP contribution in [0.25, 0.3) is 0 Å². The van der Waals surface area contributed by atoms with E-state index in [1.807, 2.05) is 44.2 Å². The monoisotopic (exact) mass is 563 g/mol. The predicted molar refractivity (Wildman–Crippen MR) is 143 cm³/mol. The second-order valence-electron chi connectivity index (χ2n) is 8.03. The zero-order chi connectivity index (χ0) is 22.8. The van der Waals surface area contributed by atoms with E-state index in [9.17, 15) is 5.11 Å². The molecule has 1 atom stereocenters. The fourth-order valence-electron chi connectivity index (χ4n) is 3.26. The summed E-state index contributed by atoms with van der Waals surface area (Å²) in [7, 11) is 0. The minimum Gasteiger partial charge on any atom is -0.463 e. The molecule has 0 aliphatic rings. The Morgan fingerprint density at radius 1 is 0.970 bits per heavy atom. The van der Waals surface area contributed by atoms with Gasteiger partial charge in [-0.1, -0.05) is 54.6 Å². The molecule has 0 amide bonds. The normalized spacial score (nSPS) is 13.2. The molecule has 3 aromatic rings. The van der Waals surface area contributed by atoms with Crippen LogP contribution < -0.4 is 10.6 Å². The Kier molecular flexibility index (Phi) is 10.9. The third-order valence-corrected chi connectivity index (χ3v) is 5.01. The molecule has 1 unspecified atom stereocenters. The average Bonchev–Trinajstić information content (AvgIpc) is 3.24. The second-order valence-corrected chi connectivity index (χ2v) is 8.03. The summed E-state index contributed by atoms with van der Waals surface area (Å²) in [4.78, 5) is 4.67. The highest BCUT2D eigenvalue weighted by Crippen LogP contribution is 2.21. The molecule has 7 heteroatoms. The van der Waals surface area contributed by atoms with Crippen molar-refractivity contribution in [2.45, 2.75) is 46.1 Å². The lowest BCUT2D eigenvalue weighted by atomic mass is 10.0. The van der Waals surface area contributed by atoms with E-state index in [0.29, 0.717) is 31.5 Å². The summed E-state index contributed by atoms with van der Waals surface area (Å²) in [6.07, 6.45) is 0. The van der Waals surface area contributed by atoms with Crippen molar-refractivity contribution in [3.8, 4) is 0 Å². The first-order valence-corrected chi connectivity index (χ1v) is 11.0. The van der Waals surface area contributed by atoms with E-state index < -0.39 is 5.60 Å². The summed E-state index contributed by atoms with van der Waals surface area (Å²) >= 11 is 0. The van der Waals surface area contributed by atoms with Gasteiger partial charge >= 0.3 is 0 Å². The molecule has 0 fully saturated rings. The van der Waals surface area contributed by atoms with Gasteiger partial charge in [0.05, 0.1) is 26.3 Å². The van der Waals surface area contributed by atoms with Crippen molar-refractivity contribution >= 4 is 29.9 Å². The summed E-state index contributed by atoms with van der Waals surface area (Å²) in [5.41, 5.74) is 2.23. The highest BCUT2D eigenvalue weighted by molar-refractivity contribution is 14.0. The van der Waals surface area contributed by atoms with Gasteiger partial charge in [0.2, 0.25) is 0 Å². The molecule has 6 nitrogen and oxygen atoms in total. The van der Waals surface area contributed by atoms with Crippen LogP contribution in [0.15, 0.2) is 76.1 Å². The Bertz CT molecular complexity index is 1000. The Morgan fingerprint density at radius 2 is 1.67 bits per heavy atom. The minimum atomic E-state index is -1.14. The molecule has 0 aliphatic heterocycles. The van der Waals surface area contributed by atoms with Crippen molar-refractivity contribution in [1.82, 2.24) is 10.6 Å². The van der Waals surface area contributed by atoms with Crippen molar-refractivity contribution in [3.05, 3.63) is 94.9 Å². The largest absolute Gasteiger partial charge is 0.463 e. The molecule has 3 rings (SSSR count). The van der Waals surface area contributed by atoms with Crippen LogP contribution in [0.2, 0.25) is 0 Å². The molecule has 0 bridgehead atoms. The number of aryl methyl sites for hydroxylation is 1. The van der Waals surface area contributed by atoms with Gasteiger partial charge in [-0.3, -0.25) is 0 Å². The van der Waals surface area contributed by atoms with Crippen LogP contribution in [0.1, 0.15) is 42.1 Å². The van der Waals surface area contributed by atoms with Gasteiger partial charge in [-0.25, -0.2) is 4.99 Å². The lowest BCUT2D eigenvalue weighted by Gasteiger charge is -2.22. The standard InChI is InChI=1S/C26H33N3O3.HI/c1-4-27-25(29-19-26(3,30)24-14-13-20(2)32-24)28-16-22-11-8-12-23(15-22)18-31-17-21-9-6-5-7-10-21;/h5-15,30H,4,16-19H2,1-3H3,(H2,27,28,29);1H. The molecule has 178 valence electrons. The fraction of sp³-hybridized carbons (Fsp3) is 0.346. The van der Waals surface area contributed by atoms with Crippen molar-refractivity contribution in [2.75, 3.05) is 13.1 Å². The molecular formula is C26H34IN3O3. The number of ether oxygens (including phenoxy) is 1. The van der Waals surface area contributed by atoms with Crippen LogP contribution in [-0.2, 0) is 30.1 Å². The van der Waals surface area contributed by atoms with Crippen LogP contribution in [0, 0.1) is 6.92 Å². The molecule has 33 heavy (non-hydrogen) atoms. The second kappa shape index (κ2) is 13.4. The first-order chi connectivity index (χ1) is 15.5. The van der Waals surface area contributed by atoms with E-state index in [-0.39, 0.29) is 30.5 Å². The SMILES string of the molecule is CCNC(=NCc1cccc(COCc2ccccc2)c1)NCC(C)(O)c1ccc(C)o1.I. The highest BCUT2D eigenvalue weighted by atomic mass is 127. The number of guanidine groups is 1. The first-order valence-electron chi connectivity index (χ1n) is 11.0. The van der Waals surface area contributed by atoms with E-state index >= 15 is 0 Å². The maximum Gasteiger partial charge on any atom is 0.191 e. The Balaban J connectivity index is 0.00000385. The molecule has 0 saturated heterocycles. The highest BCUT2D eigenvalue weighted by Gasteiger charge is 2.27. The number of aliphatic imine (C=N–C) groups is 1. The minimum absolute atomic E-state index is 0. The van der Waals surface area contributed by atoms with E-state index in [2.05, 4.69) is 46.0 Å².